The molecule has 0 unspecified atom stereocenters. The van der Waals surface area contributed by atoms with Crippen LogP contribution in [0.3, 0.4) is 0 Å². The van der Waals surface area contributed by atoms with E-state index in [9.17, 15) is 18.3 Å². The third-order valence-electron chi connectivity index (χ3n) is 4.64. The number of aromatic hydroxyl groups is 1. The van der Waals surface area contributed by atoms with Crippen molar-refractivity contribution in [2.75, 3.05) is 26.1 Å². The SMILES string of the molecule is CCCOc1cc2c(cc1C(=O)CCc1ccc(OC)c(O)c1)S(=O)(=O)CCO2. The van der Waals surface area contributed by atoms with Gasteiger partial charge in [-0.05, 0) is 36.6 Å². The van der Waals surface area contributed by atoms with E-state index in [0.29, 0.717) is 24.5 Å². The largest absolute Gasteiger partial charge is 0.504 e. The molecule has 1 N–H and O–H groups in total. The van der Waals surface area contributed by atoms with Crippen LogP contribution in [0.1, 0.15) is 35.7 Å². The predicted octanol–water partition coefficient (Wildman–Crippen LogP) is 3.17. The minimum absolute atomic E-state index is 0.00133. The molecular formula is C21H24O7S. The van der Waals surface area contributed by atoms with Gasteiger partial charge in [0, 0.05) is 12.5 Å². The quantitative estimate of drug-likeness (QED) is 0.655. The van der Waals surface area contributed by atoms with Crippen LogP contribution in [0.15, 0.2) is 35.2 Å². The van der Waals surface area contributed by atoms with Crippen LogP contribution in [0.4, 0.5) is 0 Å². The molecule has 0 aromatic heterocycles. The van der Waals surface area contributed by atoms with E-state index in [4.69, 9.17) is 14.2 Å². The molecule has 0 aliphatic carbocycles. The normalized spacial score (nSPS) is 14.6. The number of ether oxygens (including phenoxy) is 3. The van der Waals surface area contributed by atoms with Gasteiger partial charge in [0.1, 0.15) is 23.0 Å². The summed E-state index contributed by atoms with van der Waals surface area (Å²) in [6, 6.07) is 7.81. The van der Waals surface area contributed by atoms with E-state index in [1.165, 1.54) is 19.2 Å². The van der Waals surface area contributed by atoms with Crippen molar-refractivity contribution < 1.29 is 32.5 Å². The molecule has 1 aliphatic rings. The summed E-state index contributed by atoms with van der Waals surface area (Å²) in [5.74, 6) is 0.546. The average Bonchev–Trinajstić information content (AvgIpc) is 2.69. The van der Waals surface area contributed by atoms with Gasteiger partial charge in [-0.15, -0.1) is 0 Å². The maximum Gasteiger partial charge on any atom is 0.185 e. The Balaban J connectivity index is 1.87. The van der Waals surface area contributed by atoms with E-state index < -0.39 is 9.84 Å². The molecule has 0 spiro atoms. The van der Waals surface area contributed by atoms with Gasteiger partial charge in [0.25, 0.3) is 0 Å². The Hall–Kier alpha value is -2.74. The van der Waals surface area contributed by atoms with Crippen molar-refractivity contribution in [2.24, 2.45) is 0 Å². The van der Waals surface area contributed by atoms with Gasteiger partial charge in [-0.2, -0.15) is 0 Å². The van der Waals surface area contributed by atoms with Gasteiger partial charge in [0.05, 0.1) is 25.0 Å². The van der Waals surface area contributed by atoms with E-state index in [-0.39, 0.29) is 46.5 Å². The first-order chi connectivity index (χ1) is 13.9. The van der Waals surface area contributed by atoms with E-state index in [0.717, 1.165) is 12.0 Å². The highest BCUT2D eigenvalue weighted by molar-refractivity contribution is 7.91. The van der Waals surface area contributed by atoms with Crippen molar-refractivity contribution in [3.05, 3.63) is 41.5 Å². The lowest BCUT2D eigenvalue weighted by atomic mass is 10.0. The van der Waals surface area contributed by atoms with Crippen molar-refractivity contribution in [3.8, 4) is 23.0 Å². The number of carbonyl (C=O) groups is 1. The molecule has 2 aromatic carbocycles. The molecule has 8 heteroatoms. The van der Waals surface area contributed by atoms with Gasteiger partial charge in [-0.3, -0.25) is 4.79 Å². The number of methoxy groups -OCH3 is 1. The fourth-order valence-corrected chi connectivity index (χ4v) is 4.35. The highest BCUT2D eigenvalue weighted by atomic mass is 32.2. The monoisotopic (exact) mass is 420 g/mol. The third-order valence-corrected chi connectivity index (χ3v) is 6.33. The number of benzene rings is 2. The fourth-order valence-electron chi connectivity index (χ4n) is 3.10. The number of ketones is 1. The molecule has 29 heavy (non-hydrogen) atoms. The molecule has 7 nitrogen and oxygen atoms in total. The third kappa shape index (κ3) is 4.64. The summed E-state index contributed by atoms with van der Waals surface area (Å²) < 4.78 is 40.9. The molecule has 0 saturated heterocycles. The van der Waals surface area contributed by atoms with Crippen molar-refractivity contribution in [1.82, 2.24) is 0 Å². The van der Waals surface area contributed by atoms with Crippen LogP contribution in [-0.2, 0) is 16.3 Å². The number of rotatable bonds is 8. The zero-order chi connectivity index (χ0) is 21.0. The minimum atomic E-state index is -3.50. The van der Waals surface area contributed by atoms with Gasteiger partial charge in [-0.25, -0.2) is 8.42 Å². The number of aryl methyl sites for hydroxylation is 1. The lowest BCUT2D eigenvalue weighted by Gasteiger charge is -2.20. The van der Waals surface area contributed by atoms with Crippen molar-refractivity contribution >= 4 is 15.6 Å². The summed E-state index contributed by atoms with van der Waals surface area (Å²) in [6.07, 6.45) is 1.26. The zero-order valence-corrected chi connectivity index (χ0v) is 17.3. The molecule has 0 bridgehead atoms. The molecule has 0 atom stereocenters. The molecular weight excluding hydrogens is 396 g/mol. The number of fused-ring (bicyclic) bond motifs is 1. The minimum Gasteiger partial charge on any atom is -0.504 e. The molecule has 3 rings (SSSR count). The zero-order valence-electron chi connectivity index (χ0n) is 16.4. The number of phenols is 1. The summed E-state index contributed by atoms with van der Waals surface area (Å²) in [5.41, 5.74) is 0.991. The highest BCUT2D eigenvalue weighted by Crippen LogP contribution is 2.36. The second-order valence-electron chi connectivity index (χ2n) is 6.74. The lowest BCUT2D eigenvalue weighted by molar-refractivity contribution is 0.0978. The lowest BCUT2D eigenvalue weighted by Crippen LogP contribution is -2.22. The summed E-state index contributed by atoms with van der Waals surface area (Å²) >= 11 is 0. The Morgan fingerprint density at radius 1 is 1.21 bits per heavy atom. The Kier molecular flexibility index (Phi) is 6.32. The standard InChI is InChI=1S/C21H24O7S/c1-3-8-27-19-13-20-21(29(24,25)10-9-28-20)12-15(19)16(22)6-4-14-5-7-18(26-2)17(23)11-14/h5,7,11-13,23H,3-4,6,8-10H2,1-2H3. The van der Waals surface area contributed by atoms with Crippen LogP contribution < -0.4 is 14.2 Å². The summed E-state index contributed by atoms with van der Waals surface area (Å²) in [5, 5.41) is 9.89. The molecule has 156 valence electrons. The maximum atomic E-state index is 12.9. The van der Waals surface area contributed by atoms with Gasteiger partial charge in [0.2, 0.25) is 0 Å². The smallest absolute Gasteiger partial charge is 0.185 e. The summed E-state index contributed by atoms with van der Waals surface area (Å²) in [7, 11) is -2.03. The van der Waals surface area contributed by atoms with Crippen molar-refractivity contribution in [2.45, 2.75) is 31.1 Å². The van der Waals surface area contributed by atoms with E-state index in [1.807, 2.05) is 6.92 Å². The van der Waals surface area contributed by atoms with Gasteiger partial charge in [-0.1, -0.05) is 13.0 Å². The Labute approximate surface area is 170 Å². The van der Waals surface area contributed by atoms with Gasteiger partial charge >= 0.3 is 0 Å². The van der Waals surface area contributed by atoms with Crippen LogP contribution in [-0.4, -0.2) is 45.4 Å². The summed E-state index contributed by atoms with van der Waals surface area (Å²) in [6.45, 7) is 2.42. The second kappa shape index (κ2) is 8.73. The topological polar surface area (TPSA) is 99.1 Å². The van der Waals surface area contributed by atoms with Crippen molar-refractivity contribution in [3.63, 3.8) is 0 Å². The number of phenolic OH excluding ortho intramolecular Hbond substituents is 1. The average molecular weight is 420 g/mol. The molecule has 0 amide bonds. The van der Waals surface area contributed by atoms with Crippen LogP contribution in [0.2, 0.25) is 0 Å². The second-order valence-corrected chi connectivity index (χ2v) is 8.82. The van der Waals surface area contributed by atoms with Crippen LogP contribution in [0.25, 0.3) is 0 Å². The number of carbonyl (C=O) groups excluding carboxylic acids is 1. The number of hydrogen-bond acceptors (Lipinski definition) is 7. The predicted molar refractivity (Wildman–Crippen MR) is 107 cm³/mol. The number of sulfone groups is 1. The van der Waals surface area contributed by atoms with E-state index >= 15 is 0 Å². The van der Waals surface area contributed by atoms with Gasteiger partial charge in [0.15, 0.2) is 27.1 Å². The summed E-state index contributed by atoms with van der Waals surface area (Å²) in [4.78, 5) is 12.9. The van der Waals surface area contributed by atoms with Gasteiger partial charge < -0.3 is 19.3 Å². The molecule has 2 aromatic rings. The Bertz CT molecular complexity index is 1010. The van der Waals surface area contributed by atoms with E-state index in [2.05, 4.69) is 0 Å². The highest BCUT2D eigenvalue weighted by Gasteiger charge is 2.28. The van der Waals surface area contributed by atoms with Crippen LogP contribution in [0, 0.1) is 0 Å². The molecule has 1 heterocycles. The molecule has 0 radical (unpaired) electrons. The first-order valence-corrected chi connectivity index (χ1v) is 11.1. The van der Waals surface area contributed by atoms with Crippen LogP contribution in [0.5, 0.6) is 23.0 Å². The van der Waals surface area contributed by atoms with E-state index in [1.54, 1.807) is 18.2 Å². The fraction of sp³-hybridized carbons (Fsp3) is 0.381. The molecule has 0 fully saturated rings. The molecule has 0 saturated carbocycles. The Morgan fingerprint density at radius 3 is 2.69 bits per heavy atom. The van der Waals surface area contributed by atoms with Crippen LogP contribution >= 0.6 is 0 Å². The Morgan fingerprint density at radius 2 is 2.00 bits per heavy atom. The number of Topliss-reactive ketones (excluding diaryl/α,β-unsaturated/α-hetero) is 1. The maximum absolute atomic E-state index is 12.9. The first-order valence-electron chi connectivity index (χ1n) is 9.41. The number of hydrogen-bond donors (Lipinski definition) is 1. The first kappa shape index (κ1) is 21.0. The molecule has 1 aliphatic heterocycles. The van der Waals surface area contributed by atoms with Crippen molar-refractivity contribution in [1.29, 1.82) is 0 Å².